The van der Waals surface area contributed by atoms with Crippen LogP contribution in [0, 0.1) is 5.92 Å². The second-order valence-corrected chi connectivity index (χ2v) is 7.80. The lowest BCUT2D eigenvalue weighted by molar-refractivity contribution is -0.121. The van der Waals surface area contributed by atoms with Crippen LogP contribution in [0.5, 0.6) is 0 Å². The molecule has 3 amide bonds. The maximum atomic E-state index is 12.8. The second kappa shape index (κ2) is 7.99. The van der Waals surface area contributed by atoms with Gasteiger partial charge in [0.2, 0.25) is 5.91 Å². The van der Waals surface area contributed by atoms with Crippen molar-refractivity contribution in [1.82, 2.24) is 14.8 Å². The molecule has 1 aliphatic rings. The lowest BCUT2D eigenvalue weighted by Gasteiger charge is -2.33. The summed E-state index contributed by atoms with van der Waals surface area (Å²) in [4.78, 5) is 31.8. The number of fused-ring (bicyclic) bond motifs is 1. The molecule has 2 aromatic carbocycles. The molecule has 1 saturated heterocycles. The van der Waals surface area contributed by atoms with Crippen molar-refractivity contribution in [2.24, 2.45) is 5.92 Å². The van der Waals surface area contributed by atoms with Gasteiger partial charge < -0.3 is 20.1 Å². The minimum Gasteiger partial charge on any atom is -0.355 e. The van der Waals surface area contributed by atoms with Crippen LogP contribution in [0.2, 0.25) is 0 Å². The first-order valence-corrected chi connectivity index (χ1v) is 9.96. The number of amides is 3. The van der Waals surface area contributed by atoms with Crippen LogP contribution >= 0.6 is 0 Å². The van der Waals surface area contributed by atoms with Gasteiger partial charge in [0.1, 0.15) is 0 Å². The molecule has 2 N–H and O–H groups in total. The Balaban J connectivity index is 1.47. The van der Waals surface area contributed by atoms with Crippen molar-refractivity contribution in [1.29, 1.82) is 0 Å². The van der Waals surface area contributed by atoms with E-state index in [4.69, 9.17) is 0 Å². The molecular weight excluding hydrogens is 364 g/mol. The number of para-hydroxylation sites is 1. The molecule has 1 fully saturated rings. The zero-order valence-electron chi connectivity index (χ0n) is 16.8. The fourth-order valence-corrected chi connectivity index (χ4v) is 3.89. The van der Waals surface area contributed by atoms with E-state index in [1.807, 2.05) is 42.5 Å². The number of urea groups is 1. The van der Waals surface area contributed by atoms with E-state index in [1.165, 1.54) is 0 Å². The number of aromatic nitrogens is 1. The molecule has 0 saturated carbocycles. The molecule has 0 bridgehead atoms. The average molecular weight is 390 g/mol. The van der Waals surface area contributed by atoms with Crippen LogP contribution in [0.4, 0.5) is 10.5 Å². The van der Waals surface area contributed by atoms with Crippen LogP contribution in [0.15, 0.2) is 54.6 Å². The van der Waals surface area contributed by atoms with E-state index in [1.54, 1.807) is 23.9 Å². The van der Waals surface area contributed by atoms with Crippen LogP contribution < -0.4 is 5.32 Å². The first-order chi connectivity index (χ1) is 14.0. The number of piperidine rings is 1. The van der Waals surface area contributed by atoms with Crippen molar-refractivity contribution in [3.05, 3.63) is 54.6 Å². The summed E-state index contributed by atoms with van der Waals surface area (Å²) in [5.74, 6) is -0.223. The Kier molecular flexibility index (Phi) is 5.25. The number of carbonyl (C=O) groups excluding carboxylic acids is 2. The van der Waals surface area contributed by atoms with E-state index in [0.717, 1.165) is 40.7 Å². The monoisotopic (exact) mass is 390 g/mol. The van der Waals surface area contributed by atoms with E-state index in [0.29, 0.717) is 13.1 Å². The van der Waals surface area contributed by atoms with Crippen LogP contribution in [0.1, 0.15) is 12.8 Å². The zero-order valence-corrected chi connectivity index (χ0v) is 16.8. The van der Waals surface area contributed by atoms with E-state index >= 15 is 0 Å². The molecular formula is C23H26N4O2. The van der Waals surface area contributed by atoms with Gasteiger partial charge in [-0.1, -0.05) is 30.3 Å². The van der Waals surface area contributed by atoms with Crippen molar-refractivity contribution in [3.8, 4) is 11.3 Å². The third kappa shape index (κ3) is 4.11. The van der Waals surface area contributed by atoms with Gasteiger partial charge in [0, 0.05) is 55.0 Å². The number of rotatable bonds is 3. The van der Waals surface area contributed by atoms with Gasteiger partial charge in [-0.3, -0.25) is 4.79 Å². The van der Waals surface area contributed by atoms with Gasteiger partial charge in [0.15, 0.2) is 0 Å². The lowest BCUT2D eigenvalue weighted by atomic mass is 9.97. The number of hydrogen-bond donors (Lipinski definition) is 2. The number of likely N-dealkylation sites (tertiary alicyclic amines) is 1. The predicted octanol–water partition coefficient (Wildman–Crippen LogP) is 4.17. The summed E-state index contributed by atoms with van der Waals surface area (Å²) in [6, 6.07) is 18.1. The standard InChI is InChI=1S/C23H26N4O2/c1-26(2)23(29)27-12-6-9-18(15-27)22(28)24-19-10-5-8-16(13-19)21-14-17-7-3-4-11-20(17)25-21/h3-5,7-8,10-11,13-14,18,25H,6,9,12,15H2,1-2H3,(H,24,28). The van der Waals surface area contributed by atoms with Crippen molar-refractivity contribution in [3.63, 3.8) is 0 Å². The predicted molar refractivity (Wildman–Crippen MR) is 116 cm³/mol. The molecule has 0 aliphatic carbocycles. The van der Waals surface area contributed by atoms with Crippen LogP contribution in [0.3, 0.4) is 0 Å². The summed E-state index contributed by atoms with van der Waals surface area (Å²) in [5.41, 5.74) is 3.89. The summed E-state index contributed by atoms with van der Waals surface area (Å²) in [6.07, 6.45) is 1.64. The van der Waals surface area contributed by atoms with E-state index in [2.05, 4.69) is 22.4 Å². The number of H-pyrrole nitrogens is 1. The minimum atomic E-state index is -0.190. The number of hydrogen-bond acceptors (Lipinski definition) is 2. The van der Waals surface area contributed by atoms with Gasteiger partial charge in [0.25, 0.3) is 0 Å². The number of benzene rings is 2. The molecule has 1 unspecified atom stereocenters. The Bertz CT molecular complexity index is 1010. The maximum Gasteiger partial charge on any atom is 0.319 e. The zero-order chi connectivity index (χ0) is 20.4. The van der Waals surface area contributed by atoms with Crippen LogP contribution in [0.25, 0.3) is 22.2 Å². The number of anilines is 1. The molecule has 150 valence electrons. The highest BCUT2D eigenvalue weighted by Crippen LogP contribution is 2.27. The van der Waals surface area contributed by atoms with Gasteiger partial charge in [-0.2, -0.15) is 0 Å². The van der Waals surface area contributed by atoms with E-state index in [-0.39, 0.29) is 17.9 Å². The second-order valence-electron chi connectivity index (χ2n) is 7.80. The molecule has 0 spiro atoms. The smallest absolute Gasteiger partial charge is 0.319 e. The number of nitrogens with zero attached hydrogens (tertiary/aromatic N) is 2. The molecule has 1 atom stereocenters. The summed E-state index contributed by atoms with van der Waals surface area (Å²) in [6.45, 7) is 1.17. The van der Waals surface area contributed by atoms with Crippen molar-refractivity contribution >= 4 is 28.5 Å². The molecule has 2 heterocycles. The normalized spacial score (nSPS) is 16.6. The molecule has 29 heavy (non-hydrogen) atoms. The van der Waals surface area contributed by atoms with Crippen molar-refractivity contribution in [2.45, 2.75) is 12.8 Å². The molecule has 3 aromatic rings. The van der Waals surface area contributed by atoms with Gasteiger partial charge in [-0.15, -0.1) is 0 Å². The van der Waals surface area contributed by atoms with Crippen molar-refractivity contribution < 1.29 is 9.59 Å². The quantitative estimate of drug-likeness (QED) is 0.705. The third-order valence-electron chi connectivity index (χ3n) is 5.42. The maximum absolute atomic E-state index is 12.8. The first-order valence-electron chi connectivity index (χ1n) is 9.96. The van der Waals surface area contributed by atoms with Gasteiger partial charge in [-0.25, -0.2) is 4.79 Å². The molecule has 6 nitrogen and oxygen atoms in total. The molecule has 6 heteroatoms. The molecule has 1 aliphatic heterocycles. The van der Waals surface area contributed by atoms with Crippen molar-refractivity contribution in [2.75, 3.05) is 32.5 Å². The van der Waals surface area contributed by atoms with E-state index in [9.17, 15) is 9.59 Å². The highest BCUT2D eigenvalue weighted by Gasteiger charge is 2.29. The summed E-state index contributed by atoms with van der Waals surface area (Å²) >= 11 is 0. The molecule has 1 aromatic heterocycles. The number of nitrogens with one attached hydrogen (secondary N) is 2. The Labute approximate surface area is 170 Å². The fourth-order valence-electron chi connectivity index (χ4n) is 3.89. The summed E-state index contributed by atoms with van der Waals surface area (Å²) < 4.78 is 0. The molecule has 4 rings (SSSR count). The highest BCUT2D eigenvalue weighted by molar-refractivity contribution is 5.94. The van der Waals surface area contributed by atoms with Gasteiger partial charge in [-0.05, 0) is 37.1 Å². The average Bonchev–Trinajstić information content (AvgIpc) is 3.18. The van der Waals surface area contributed by atoms with Gasteiger partial charge in [0.05, 0.1) is 5.92 Å². The van der Waals surface area contributed by atoms with Crippen LogP contribution in [-0.2, 0) is 4.79 Å². The molecule has 0 radical (unpaired) electrons. The summed E-state index contributed by atoms with van der Waals surface area (Å²) in [7, 11) is 3.48. The summed E-state index contributed by atoms with van der Waals surface area (Å²) in [5, 5.41) is 4.20. The number of aromatic amines is 1. The Morgan fingerprint density at radius 3 is 2.72 bits per heavy atom. The first kappa shape index (κ1) is 19.1. The SMILES string of the molecule is CN(C)C(=O)N1CCCC(C(=O)Nc2cccc(-c3cc4ccccc4[nH]3)c2)C1. The fraction of sp³-hybridized carbons (Fsp3) is 0.304. The van der Waals surface area contributed by atoms with E-state index < -0.39 is 0 Å². The highest BCUT2D eigenvalue weighted by atomic mass is 16.2. The Morgan fingerprint density at radius 2 is 1.93 bits per heavy atom. The lowest BCUT2D eigenvalue weighted by Crippen LogP contribution is -2.47. The van der Waals surface area contributed by atoms with Crippen LogP contribution in [-0.4, -0.2) is 53.9 Å². The number of carbonyl (C=O) groups is 2. The topological polar surface area (TPSA) is 68.4 Å². The minimum absolute atomic E-state index is 0.0324. The largest absolute Gasteiger partial charge is 0.355 e. The Hall–Kier alpha value is -3.28. The van der Waals surface area contributed by atoms with Gasteiger partial charge >= 0.3 is 6.03 Å². The Morgan fingerprint density at radius 1 is 1.10 bits per heavy atom. The third-order valence-corrected chi connectivity index (χ3v) is 5.42.